The average Bonchev–Trinajstić information content (AvgIpc) is 3.11. The molecule has 0 amide bonds. The summed E-state index contributed by atoms with van der Waals surface area (Å²) in [6.45, 7) is 5.10. The van der Waals surface area contributed by atoms with E-state index in [1.807, 2.05) is 11.7 Å². The molecule has 0 spiro atoms. The first-order chi connectivity index (χ1) is 9.88. The smallest absolute Gasteiger partial charge is 0.0794 e. The van der Waals surface area contributed by atoms with Gasteiger partial charge in [0.2, 0.25) is 0 Å². The Hall–Kier alpha value is -1.65. The third-order valence-corrected chi connectivity index (χ3v) is 4.22. The van der Waals surface area contributed by atoms with Crippen LogP contribution in [-0.4, -0.2) is 16.1 Å². The van der Waals surface area contributed by atoms with Gasteiger partial charge in [0.05, 0.1) is 12.1 Å². The van der Waals surface area contributed by atoms with Crippen LogP contribution in [-0.2, 0) is 13.1 Å². The van der Waals surface area contributed by atoms with E-state index in [4.69, 9.17) is 0 Å². The van der Waals surface area contributed by atoms with Crippen LogP contribution in [0.25, 0.3) is 10.9 Å². The van der Waals surface area contributed by atoms with Crippen LogP contribution in [0.5, 0.6) is 0 Å². The van der Waals surface area contributed by atoms with Gasteiger partial charge < -0.3 is 9.88 Å². The van der Waals surface area contributed by atoms with E-state index < -0.39 is 0 Å². The number of hydrogen-bond donors (Lipinski definition) is 1. The van der Waals surface area contributed by atoms with Crippen molar-refractivity contribution in [3.05, 3.63) is 52.6 Å². The molecule has 0 saturated heterocycles. The van der Waals surface area contributed by atoms with Gasteiger partial charge in [-0.2, -0.15) is 0 Å². The first-order valence-electron chi connectivity index (χ1n) is 7.03. The predicted molar refractivity (Wildman–Crippen MR) is 85.2 cm³/mol. The van der Waals surface area contributed by atoms with Gasteiger partial charge in [-0.1, -0.05) is 19.1 Å². The highest BCUT2D eigenvalue weighted by molar-refractivity contribution is 7.09. The SMILES string of the molecule is CCCNCc1cccc2c1ccn2Cc1cncs1. The number of rotatable bonds is 6. The molecule has 0 aliphatic carbocycles. The zero-order valence-corrected chi connectivity index (χ0v) is 12.5. The van der Waals surface area contributed by atoms with E-state index in [1.54, 1.807) is 11.3 Å². The summed E-state index contributed by atoms with van der Waals surface area (Å²) in [6, 6.07) is 8.77. The largest absolute Gasteiger partial charge is 0.342 e. The molecule has 0 bridgehead atoms. The van der Waals surface area contributed by atoms with Gasteiger partial charge in [-0.15, -0.1) is 11.3 Å². The molecule has 2 aromatic heterocycles. The molecule has 0 radical (unpaired) electrons. The molecule has 1 N–H and O–H groups in total. The van der Waals surface area contributed by atoms with Crippen LogP contribution in [0, 0.1) is 0 Å². The normalized spacial score (nSPS) is 11.2. The lowest BCUT2D eigenvalue weighted by Gasteiger charge is -2.07. The minimum Gasteiger partial charge on any atom is -0.342 e. The average molecular weight is 285 g/mol. The maximum atomic E-state index is 4.15. The number of hydrogen-bond acceptors (Lipinski definition) is 3. The molecule has 1 aromatic carbocycles. The summed E-state index contributed by atoms with van der Waals surface area (Å²) < 4.78 is 2.30. The van der Waals surface area contributed by atoms with Crippen molar-refractivity contribution in [2.24, 2.45) is 0 Å². The molecule has 0 unspecified atom stereocenters. The quantitative estimate of drug-likeness (QED) is 0.701. The van der Waals surface area contributed by atoms with Crippen molar-refractivity contribution in [1.82, 2.24) is 14.9 Å². The Balaban J connectivity index is 1.87. The molecular formula is C16H19N3S. The van der Waals surface area contributed by atoms with E-state index in [2.05, 4.69) is 52.3 Å². The number of aromatic nitrogens is 2. The Bertz CT molecular complexity index is 670. The lowest BCUT2D eigenvalue weighted by molar-refractivity contribution is 0.678. The highest BCUT2D eigenvalue weighted by Gasteiger charge is 2.06. The van der Waals surface area contributed by atoms with Crippen LogP contribution in [0.2, 0.25) is 0 Å². The predicted octanol–water partition coefficient (Wildman–Crippen LogP) is 3.65. The molecule has 0 fully saturated rings. The highest BCUT2D eigenvalue weighted by Crippen LogP contribution is 2.22. The highest BCUT2D eigenvalue weighted by atomic mass is 32.1. The number of thiazole rings is 1. The molecule has 2 heterocycles. The standard InChI is InChI=1S/C16H19N3S/c1-2-7-17-9-13-4-3-5-16-15(13)6-8-19(16)11-14-10-18-12-20-14/h3-6,8,10,12,17H,2,7,9,11H2,1H3. The number of nitrogens with zero attached hydrogens (tertiary/aromatic N) is 2. The van der Waals surface area contributed by atoms with Crippen molar-refractivity contribution in [2.45, 2.75) is 26.4 Å². The van der Waals surface area contributed by atoms with Crippen LogP contribution < -0.4 is 5.32 Å². The zero-order valence-electron chi connectivity index (χ0n) is 11.7. The summed E-state index contributed by atoms with van der Waals surface area (Å²) in [4.78, 5) is 5.43. The zero-order chi connectivity index (χ0) is 13.8. The molecule has 3 rings (SSSR count). The van der Waals surface area contributed by atoms with Crippen molar-refractivity contribution in [3.8, 4) is 0 Å². The number of nitrogens with one attached hydrogen (secondary N) is 1. The molecule has 3 nitrogen and oxygen atoms in total. The Labute approximate surface area is 123 Å². The lowest BCUT2D eigenvalue weighted by atomic mass is 10.1. The fourth-order valence-electron chi connectivity index (χ4n) is 2.47. The van der Waals surface area contributed by atoms with Gasteiger partial charge in [-0.05, 0) is 30.7 Å². The Morgan fingerprint density at radius 1 is 1.30 bits per heavy atom. The maximum absolute atomic E-state index is 4.15. The van der Waals surface area contributed by atoms with Crippen molar-refractivity contribution in [2.75, 3.05) is 6.54 Å². The molecule has 0 atom stereocenters. The molecule has 104 valence electrons. The second-order valence-electron chi connectivity index (χ2n) is 4.94. The van der Waals surface area contributed by atoms with E-state index >= 15 is 0 Å². The first kappa shape index (κ1) is 13.3. The van der Waals surface area contributed by atoms with Gasteiger partial charge in [-0.3, -0.25) is 4.98 Å². The van der Waals surface area contributed by atoms with Gasteiger partial charge >= 0.3 is 0 Å². The van der Waals surface area contributed by atoms with E-state index in [0.29, 0.717) is 0 Å². The van der Waals surface area contributed by atoms with E-state index in [1.165, 1.54) is 27.8 Å². The number of fused-ring (bicyclic) bond motifs is 1. The summed E-state index contributed by atoms with van der Waals surface area (Å²) in [5.74, 6) is 0. The summed E-state index contributed by atoms with van der Waals surface area (Å²) in [7, 11) is 0. The van der Waals surface area contributed by atoms with Crippen LogP contribution in [0.15, 0.2) is 42.2 Å². The minimum absolute atomic E-state index is 0.903. The second kappa shape index (κ2) is 6.20. The van der Waals surface area contributed by atoms with Gasteiger partial charge in [0.1, 0.15) is 0 Å². The minimum atomic E-state index is 0.903. The third-order valence-electron chi connectivity index (χ3n) is 3.46. The van der Waals surface area contributed by atoms with Crippen molar-refractivity contribution in [3.63, 3.8) is 0 Å². The van der Waals surface area contributed by atoms with Crippen molar-refractivity contribution < 1.29 is 0 Å². The van der Waals surface area contributed by atoms with E-state index in [-0.39, 0.29) is 0 Å². The summed E-state index contributed by atoms with van der Waals surface area (Å²) in [5.41, 5.74) is 4.56. The fraction of sp³-hybridized carbons (Fsp3) is 0.312. The van der Waals surface area contributed by atoms with Crippen molar-refractivity contribution in [1.29, 1.82) is 0 Å². The second-order valence-corrected chi connectivity index (χ2v) is 5.91. The van der Waals surface area contributed by atoms with Gasteiger partial charge in [0.25, 0.3) is 0 Å². The maximum Gasteiger partial charge on any atom is 0.0794 e. The fourth-order valence-corrected chi connectivity index (χ4v) is 3.06. The molecule has 0 saturated carbocycles. The van der Waals surface area contributed by atoms with E-state index in [0.717, 1.165) is 19.6 Å². The van der Waals surface area contributed by atoms with Gasteiger partial charge in [0, 0.05) is 34.7 Å². The molecule has 0 aliphatic heterocycles. The Morgan fingerprint density at radius 2 is 2.25 bits per heavy atom. The van der Waals surface area contributed by atoms with Gasteiger partial charge in [0.15, 0.2) is 0 Å². The summed E-state index contributed by atoms with van der Waals surface area (Å²) >= 11 is 1.71. The topological polar surface area (TPSA) is 29.9 Å². The van der Waals surface area contributed by atoms with Crippen LogP contribution >= 0.6 is 11.3 Å². The molecule has 4 heteroatoms. The molecule has 3 aromatic rings. The van der Waals surface area contributed by atoms with Crippen LogP contribution in [0.1, 0.15) is 23.8 Å². The summed E-state index contributed by atoms with van der Waals surface area (Å²) in [5, 5.41) is 4.83. The first-order valence-corrected chi connectivity index (χ1v) is 7.91. The Kier molecular flexibility index (Phi) is 4.14. The molecule has 20 heavy (non-hydrogen) atoms. The Morgan fingerprint density at radius 3 is 3.05 bits per heavy atom. The third kappa shape index (κ3) is 2.76. The molecular weight excluding hydrogens is 266 g/mol. The van der Waals surface area contributed by atoms with Crippen molar-refractivity contribution >= 4 is 22.2 Å². The number of benzene rings is 1. The summed E-state index contributed by atoms with van der Waals surface area (Å²) in [6.07, 6.45) is 5.29. The van der Waals surface area contributed by atoms with Gasteiger partial charge in [-0.25, -0.2) is 0 Å². The molecule has 0 aliphatic rings. The monoisotopic (exact) mass is 285 g/mol. The van der Waals surface area contributed by atoms with Crippen LogP contribution in [0.4, 0.5) is 0 Å². The lowest BCUT2D eigenvalue weighted by Crippen LogP contribution is -2.13. The van der Waals surface area contributed by atoms with E-state index in [9.17, 15) is 0 Å². The van der Waals surface area contributed by atoms with Crippen LogP contribution in [0.3, 0.4) is 0 Å².